The maximum Gasteiger partial charge on any atom is 0.0276 e. The normalized spacial score (nSPS) is 11.6. The number of aliphatic imine (C=N–C) groups is 1. The van der Waals surface area contributed by atoms with Crippen LogP contribution in [-0.2, 0) is 6.42 Å². The molecule has 0 saturated heterocycles. The summed E-state index contributed by atoms with van der Waals surface area (Å²) in [7, 11) is 1.83. The van der Waals surface area contributed by atoms with Gasteiger partial charge in [0.15, 0.2) is 0 Å². The highest BCUT2D eigenvalue weighted by Crippen LogP contribution is 2.00. The Balaban J connectivity index is 2.65. The number of hydrogen-bond acceptors (Lipinski definition) is 1. The van der Waals surface area contributed by atoms with Crippen LogP contribution in [0.15, 0.2) is 35.3 Å². The third kappa shape index (κ3) is 2.54. The van der Waals surface area contributed by atoms with Crippen molar-refractivity contribution in [3.8, 4) is 0 Å². The van der Waals surface area contributed by atoms with Crippen LogP contribution in [0.4, 0.5) is 0 Å². The number of nitrogens with zero attached hydrogens (tertiary/aromatic N) is 1. The fourth-order valence-corrected chi connectivity index (χ4v) is 0.970. The second-order valence-electron chi connectivity index (χ2n) is 2.62. The molecular formula is C10H13N. The molecule has 11 heavy (non-hydrogen) atoms. The van der Waals surface area contributed by atoms with Crippen molar-refractivity contribution in [1.82, 2.24) is 0 Å². The number of rotatable bonds is 2. The number of benzene rings is 1. The van der Waals surface area contributed by atoms with E-state index in [0.717, 1.165) is 6.42 Å². The Morgan fingerprint density at radius 3 is 2.45 bits per heavy atom. The molecule has 0 aliphatic rings. The van der Waals surface area contributed by atoms with Crippen LogP contribution >= 0.6 is 0 Å². The molecule has 0 atom stereocenters. The molecule has 0 saturated carbocycles. The summed E-state index contributed by atoms with van der Waals surface area (Å²) in [5, 5.41) is 0. The molecule has 1 nitrogen and oxygen atoms in total. The SMILES string of the molecule is CN=C(C)Cc1ccccc1. The summed E-state index contributed by atoms with van der Waals surface area (Å²) in [5.74, 6) is 0. The third-order valence-corrected chi connectivity index (χ3v) is 1.68. The Morgan fingerprint density at radius 1 is 1.27 bits per heavy atom. The molecule has 0 N–H and O–H groups in total. The second-order valence-corrected chi connectivity index (χ2v) is 2.62. The van der Waals surface area contributed by atoms with Gasteiger partial charge in [-0.05, 0) is 12.5 Å². The zero-order valence-corrected chi connectivity index (χ0v) is 7.04. The van der Waals surface area contributed by atoms with E-state index in [1.54, 1.807) is 0 Å². The zero-order chi connectivity index (χ0) is 8.10. The van der Waals surface area contributed by atoms with Crippen LogP contribution in [0.2, 0.25) is 0 Å². The Morgan fingerprint density at radius 2 is 1.91 bits per heavy atom. The monoisotopic (exact) mass is 147 g/mol. The van der Waals surface area contributed by atoms with Gasteiger partial charge >= 0.3 is 0 Å². The lowest BCUT2D eigenvalue weighted by Crippen LogP contribution is -1.96. The van der Waals surface area contributed by atoms with E-state index in [1.165, 1.54) is 11.3 Å². The number of hydrogen-bond donors (Lipinski definition) is 0. The summed E-state index contributed by atoms with van der Waals surface area (Å²) < 4.78 is 0. The fourth-order valence-electron chi connectivity index (χ4n) is 0.970. The van der Waals surface area contributed by atoms with Crippen molar-refractivity contribution in [3.63, 3.8) is 0 Å². The molecule has 1 rings (SSSR count). The first-order chi connectivity index (χ1) is 5.33. The van der Waals surface area contributed by atoms with E-state index >= 15 is 0 Å². The predicted molar refractivity (Wildman–Crippen MR) is 49.2 cm³/mol. The maximum absolute atomic E-state index is 4.10. The molecule has 0 aliphatic heterocycles. The minimum atomic E-state index is 0.970. The van der Waals surface area contributed by atoms with Crippen LogP contribution in [0.25, 0.3) is 0 Å². The summed E-state index contributed by atoms with van der Waals surface area (Å²) in [6.45, 7) is 2.05. The molecule has 0 unspecified atom stereocenters. The van der Waals surface area contributed by atoms with Gasteiger partial charge in [0.05, 0.1) is 0 Å². The summed E-state index contributed by atoms with van der Waals surface area (Å²) in [6, 6.07) is 10.4. The third-order valence-electron chi connectivity index (χ3n) is 1.68. The summed E-state index contributed by atoms with van der Waals surface area (Å²) in [4.78, 5) is 4.10. The average molecular weight is 147 g/mol. The highest BCUT2D eigenvalue weighted by molar-refractivity contribution is 5.83. The lowest BCUT2D eigenvalue weighted by Gasteiger charge is -1.98. The van der Waals surface area contributed by atoms with E-state index in [2.05, 4.69) is 29.3 Å². The van der Waals surface area contributed by atoms with Crippen LogP contribution in [0, 0.1) is 0 Å². The maximum atomic E-state index is 4.10. The van der Waals surface area contributed by atoms with Crippen LogP contribution in [-0.4, -0.2) is 12.8 Å². The van der Waals surface area contributed by atoms with Gasteiger partial charge in [-0.15, -0.1) is 0 Å². The zero-order valence-electron chi connectivity index (χ0n) is 7.04. The van der Waals surface area contributed by atoms with Crippen LogP contribution < -0.4 is 0 Å². The minimum absolute atomic E-state index is 0.970. The Bertz CT molecular complexity index is 236. The molecule has 0 spiro atoms. The van der Waals surface area contributed by atoms with Gasteiger partial charge in [0.1, 0.15) is 0 Å². The lowest BCUT2D eigenvalue weighted by molar-refractivity contribution is 1.27. The van der Waals surface area contributed by atoms with Gasteiger partial charge in [-0.25, -0.2) is 0 Å². The fraction of sp³-hybridized carbons (Fsp3) is 0.300. The average Bonchev–Trinajstić information content (AvgIpc) is 2.06. The van der Waals surface area contributed by atoms with E-state index in [9.17, 15) is 0 Å². The van der Waals surface area contributed by atoms with E-state index in [0.29, 0.717) is 0 Å². The molecule has 0 bridgehead atoms. The Labute approximate surface area is 67.8 Å². The Kier molecular flexibility index (Phi) is 2.84. The summed E-state index contributed by atoms with van der Waals surface area (Å²) >= 11 is 0. The van der Waals surface area contributed by atoms with E-state index in [1.807, 2.05) is 20.0 Å². The second kappa shape index (κ2) is 3.91. The van der Waals surface area contributed by atoms with E-state index in [-0.39, 0.29) is 0 Å². The van der Waals surface area contributed by atoms with Gasteiger partial charge in [-0.1, -0.05) is 30.3 Å². The Hall–Kier alpha value is -1.11. The van der Waals surface area contributed by atoms with Gasteiger partial charge in [0.25, 0.3) is 0 Å². The first kappa shape index (κ1) is 7.99. The summed E-state index contributed by atoms with van der Waals surface area (Å²) in [5.41, 5.74) is 2.51. The molecule has 0 aliphatic carbocycles. The highest BCUT2D eigenvalue weighted by Gasteiger charge is 1.91. The van der Waals surface area contributed by atoms with Crippen molar-refractivity contribution in [2.45, 2.75) is 13.3 Å². The first-order valence-corrected chi connectivity index (χ1v) is 3.79. The smallest absolute Gasteiger partial charge is 0.0276 e. The van der Waals surface area contributed by atoms with Crippen molar-refractivity contribution in [1.29, 1.82) is 0 Å². The van der Waals surface area contributed by atoms with Crippen molar-refractivity contribution < 1.29 is 0 Å². The molecule has 1 aromatic rings. The molecule has 0 aromatic heterocycles. The standard InChI is InChI=1S/C10H13N/c1-9(11-2)8-10-6-4-3-5-7-10/h3-7H,8H2,1-2H3. The van der Waals surface area contributed by atoms with Crippen LogP contribution in [0.5, 0.6) is 0 Å². The first-order valence-electron chi connectivity index (χ1n) is 3.79. The van der Waals surface area contributed by atoms with Crippen molar-refractivity contribution in [2.75, 3.05) is 7.05 Å². The molecule has 1 heteroatoms. The van der Waals surface area contributed by atoms with Crippen molar-refractivity contribution in [2.24, 2.45) is 4.99 Å². The minimum Gasteiger partial charge on any atom is -0.297 e. The molecule has 0 heterocycles. The molecule has 0 radical (unpaired) electrons. The molecule has 0 amide bonds. The lowest BCUT2D eigenvalue weighted by atomic mass is 10.1. The van der Waals surface area contributed by atoms with Gasteiger partial charge in [0, 0.05) is 19.2 Å². The topological polar surface area (TPSA) is 12.4 Å². The predicted octanol–water partition coefficient (Wildman–Crippen LogP) is 2.32. The van der Waals surface area contributed by atoms with Crippen LogP contribution in [0.3, 0.4) is 0 Å². The van der Waals surface area contributed by atoms with Gasteiger partial charge in [0.2, 0.25) is 0 Å². The van der Waals surface area contributed by atoms with E-state index in [4.69, 9.17) is 0 Å². The molecule has 58 valence electrons. The summed E-state index contributed by atoms with van der Waals surface area (Å²) in [6.07, 6.45) is 0.970. The van der Waals surface area contributed by atoms with Crippen molar-refractivity contribution >= 4 is 5.71 Å². The van der Waals surface area contributed by atoms with Crippen molar-refractivity contribution in [3.05, 3.63) is 35.9 Å². The van der Waals surface area contributed by atoms with Gasteiger partial charge in [-0.2, -0.15) is 0 Å². The van der Waals surface area contributed by atoms with Gasteiger partial charge < -0.3 is 0 Å². The quantitative estimate of drug-likeness (QED) is 0.569. The molecule has 1 aromatic carbocycles. The highest BCUT2D eigenvalue weighted by atomic mass is 14.7. The van der Waals surface area contributed by atoms with Crippen LogP contribution in [0.1, 0.15) is 12.5 Å². The largest absolute Gasteiger partial charge is 0.297 e. The molecule has 0 fully saturated rings. The van der Waals surface area contributed by atoms with E-state index < -0.39 is 0 Å². The molecular weight excluding hydrogens is 134 g/mol. The van der Waals surface area contributed by atoms with Gasteiger partial charge in [-0.3, -0.25) is 4.99 Å².